The average molecular weight is 251 g/mol. The van der Waals surface area contributed by atoms with E-state index in [1.807, 2.05) is 0 Å². The molecule has 2 aromatic rings. The van der Waals surface area contributed by atoms with Gasteiger partial charge in [0.05, 0.1) is 0 Å². The summed E-state index contributed by atoms with van der Waals surface area (Å²) in [7, 11) is 0. The van der Waals surface area contributed by atoms with Gasteiger partial charge in [-0.1, -0.05) is 11.6 Å². The number of benzene rings is 1. The van der Waals surface area contributed by atoms with Crippen molar-refractivity contribution in [3.8, 4) is 0 Å². The number of nitrogens with two attached hydrogens (primary N) is 1. The van der Waals surface area contributed by atoms with Gasteiger partial charge in [0.25, 0.3) is 0 Å². The second-order valence-electron chi connectivity index (χ2n) is 3.66. The fourth-order valence-electron chi connectivity index (χ4n) is 1.59. The van der Waals surface area contributed by atoms with Crippen molar-refractivity contribution in [3.63, 3.8) is 0 Å². The molecule has 0 amide bonds. The third-order valence-electron chi connectivity index (χ3n) is 2.46. The van der Waals surface area contributed by atoms with Gasteiger partial charge >= 0.3 is 0 Å². The Kier molecular flexibility index (Phi) is 3.17. The zero-order chi connectivity index (χ0) is 12.4. The molecule has 1 atom stereocenters. The topological polar surface area (TPSA) is 79.1 Å². The van der Waals surface area contributed by atoms with Gasteiger partial charge in [0.1, 0.15) is 6.10 Å². The number of rotatable bonds is 2. The third kappa shape index (κ3) is 2.49. The molecule has 0 bridgehead atoms. The van der Waals surface area contributed by atoms with Crippen LogP contribution in [0.2, 0.25) is 5.02 Å². The van der Waals surface area contributed by atoms with Crippen LogP contribution in [0.5, 0.6) is 0 Å². The normalized spacial score (nSPS) is 12.4. The predicted molar refractivity (Wildman–Crippen MR) is 67.0 cm³/mol. The van der Waals surface area contributed by atoms with E-state index >= 15 is 0 Å². The number of H-pyrrole nitrogens is 1. The van der Waals surface area contributed by atoms with Crippen LogP contribution in [0, 0.1) is 0 Å². The molecule has 0 aliphatic heterocycles. The van der Waals surface area contributed by atoms with Crippen LogP contribution in [0.15, 0.2) is 41.3 Å². The second kappa shape index (κ2) is 4.61. The fraction of sp³-hybridized carbons (Fsp3) is 0.0833. The maximum absolute atomic E-state index is 11.2. The Morgan fingerprint density at radius 2 is 2.06 bits per heavy atom. The highest BCUT2D eigenvalue weighted by Crippen LogP contribution is 2.28. The summed E-state index contributed by atoms with van der Waals surface area (Å²) in [5.74, 6) is 0. The van der Waals surface area contributed by atoms with Crippen LogP contribution in [-0.2, 0) is 0 Å². The lowest BCUT2D eigenvalue weighted by atomic mass is 10.0. The molecule has 0 aliphatic carbocycles. The molecule has 0 saturated heterocycles. The quantitative estimate of drug-likeness (QED) is 0.710. The van der Waals surface area contributed by atoms with Gasteiger partial charge in [-0.2, -0.15) is 0 Å². The van der Waals surface area contributed by atoms with Crippen molar-refractivity contribution in [1.29, 1.82) is 0 Å². The Morgan fingerprint density at radius 3 is 2.76 bits per heavy atom. The summed E-state index contributed by atoms with van der Waals surface area (Å²) in [6.45, 7) is 0. The molecule has 2 rings (SSSR count). The van der Waals surface area contributed by atoms with Crippen molar-refractivity contribution in [3.05, 3.63) is 63.0 Å². The van der Waals surface area contributed by atoms with Crippen LogP contribution in [0.3, 0.4) is 0 Å². The van der Waals surface area contributed by atoms with Crippen molar-refractivity contribution in [1.82, 2.24) is 4.98 Å². The number of nitrogen functional groups attached to an aromatic ring is 1. The first kappa shape index (κ1) is 11.7. The van der Waals surface area contributed by atoms with E-state index in [2.05, 4.69) is 4.98 Å². The van der Waals surface area contributed by atoms with Crippen molar-refractivity contribution < 1.29 is 5.11 Å². The number of aromatic nitrogens is 1. The molecule has 1 aromatic carbocycles. The zero-order valence-corrected chi connectivity index (χ0v) is 9.61. The number of hydrogen-bond acceptors (Lipinski definition) is 3. The van der Waals surface area contributed by atoms with Gasteiger partial charge < -0.3 is 15.8 Å². The molecular weight excluding hydrogens is 240 g/mol. The number of pyridine rings is 1. The molecule has 0 fully saturated rings. The Labute approximate surface area is 103 Å². The SMILES string of the molecule is Nc1ccc(Cl)cc1C(O)c1cc[nH]c(=O)c1. The minimum absolute atomic E-state index is 0.276. The van der Waals surface area contributed by atoms with E-state index in [-0.39, 0.29) is 5.56 Å². The Balaban J connectivity index is 2.46. The van der Waals surface area contributed by atoms with E-state index in [4.69, 9.17) is 17.3 Å². The summed E-state index contributed by atoms with van der Waals surface area (Å²) < 4.78 is 0. The lowest BCUT2D eigenvalue weighted by molar-refractivity contribution is 0.221. The molecule has 0 radical (unpaired) electrons. The van der Waals surface area contributed by atoms with Crippen molar-refractivity contribution in [2.24, 2.45) is 0 Å². The molecule has 17 heavy (non-hydrogen) atoms. The minimum atomic E-state index is -0.962. The molecule has 4 N–H and O–H groups in total. The first-order valence-electron chi connectivity index (χ1n) is 4.99. The number of anilines is 1. The number of halogens is 1. The molecule has 1 aromatic heterocycles. The molecular formula is C12H11ClN2O2. The molecule has 1 unspecified atom stereocenters. The highest BCUT2D eigenvalue weighted by molar-refractivity contribution is 6.30. The van der Waals surface area contributed by atoms with Crippen LogP contribution in [0.1, 0.15) is 17.2 Å². The van der Waals surface area contributed by atoms with E-state index in [9.17, 15) is 9.90 Å². The first-order valence-corrected chi connectivity index (χ1v) is 5.37. The summed E-state index contributed by atoms with van der Waals surface area (Å²) in [5.41, 5.74) is 6.88. The first-order chi connectivity index (χ1) is 8.08. The minimum Gasteiger partial charge on any atom is -0.398 e. The van der Waals surface area contributed by atoms with Gasteiger partial charge in [0, 0.05) is 28.5 Å². The fourth-order valence-corrected chi connectivity index (χ4v) is 1.77. The lowest BCUT2D eigenvalue weighted by Crippen LogP contribution is -2.09. The lowest BCUT2D eigenvalue weighted by Gasteiger charge is -2.13. The Bertz CT molecular complexity index is 595. The third-order valence-corrected chi connectivity index (χ3v) is 2.69. The summed E-state index contributed by atoms with van der Waals surface area (Å²) in [6.07, 6.45) is 0.512. The van der Waals surface area contributed by atoms with Gasteiger partial charge in [0.2, 0.25) is 5.56 Å². The number of aromatic amines is 1. The number of aliphatic hydroxyl groups excluding tert-OH is 1. The molecule has 88 valence electrons. The summed E-state index contributed by atoms with van der Waals surface area (Å²) in [6, 6.07) is 7.79. The van der Waals surface area contributed by atoms with Gasteiger partial charge in [-0.3, -0.25) is 4.79 Å². The van der Waals surface area contributed by atoms with Gasteiger partial charge in [0.15, 0.2) is 0 Å². The zero-order valence-electron chi connectivity index (χ0n) is 8.85. The smallest absolute Gasteiger partial charge is 0.248 e. The van der Waals surface area contributed by atoms with Crippen molar-refractivity contribution in [2.75, 3.05) is 5.73 Å². The van der Waals surface area contributed by atoms with E-state index < -0.39 is 6.10 Å². The predicted octanol–water partition coefficient (Wildman–Crippen LogP) is 1.69. The second-order valence-corrected chi connectivity index (χ2v) is 4.10. The van der Waals surface area contributed by atoms with E-state index in [1.54, 1.807) is 24.3 Å². The molecule has 5 heteroatoms. The van der Waals surface area contributed by atoms with Crippen LogP contribution in [-0.4, -0.2) is 10.1 Å². The maximum Gasteiger partial charge on any atom is 0.248 e. The number of aliphatic hydroxyl groups is 1. The van der Waals surface area contributed by atoms with Crippen LogP contribution < -0.4 is 11.3 Å². The van der Waals surface area contributed by atoms with Crippen LogP contribution in [0.4, 0.5) is 5.69 Å². The molecule has 0 spiro atoms. The largest absolute Gasteiger partial charge is 0.398 e. The summed E-state index contributed by atoms with van der Waals surface area (Å²) >= 11 is 5.85. The molecule has 0 aliphatic rings. The van der Waals surface area contributed by atoms with Crippen molar-refractivity contribution >= 4 is 17.3 Å². The van der Waals surface area contributed by atoms with Gasteiger partial charge in [-0.25, -0.2) is 0 Å². The van der Waals surface area contributed by atoms with Gasteiger partial charge in [-0.05, 0) is 29.8 Å². The maximum atomic E-state index is 11.2. The number of nitrogens with one attached hydrogen (secondary N) is 1. The van der Waals surface area contributed by atoms with E-state index in [0.29, 0.717) is 21.8 Å². The molecule has 1 heterocycles. The highest BCUT2D eigenvalue weighted by atomic mass is 35.5. The molecule has 0 saturated carbocycles. The van der Waals surface area contributed by atoms with E-state index in [1.165, 1.54) is 12.3 Å². The Morgan fingerprint density at radius 1 is 1.29 bits per heavy atom. The summed E-state index contributed by atoms with van der Waals surface area (Å²) in [4.78, 5) is 13.6. The van der Waals surface area contributed by atoms with Crippen LogP contribution in [0.25, 0.3) is 0 Å². The van der Waals surface area contributed by atoms with E-state index in [0.717, 1.165) is 0 Å². The average Bonchev–Trinajstić information content (AvgIpc) is 2.31. The standard InChI is InChI=1S/C12H11ClN2O2/c13-8-1-2-10(14)9(6-8)12(17)7-3-4-15-11(16)5-7/h1-6,12,17H,14H2,(H,15,16). The summed E-state index contributed by atoms with van der Waals surface area (Å²) in [5, 5.41) is 10.6. The highest BCUT2D eigenvalue weighted by Gasteiger charge is 2.14. The number of hydrogen-bond donors (Lipinski definition) is 3. The molecule has 4 nitrogen and oxygen atoms in total. The van der Waals surface area contributed by atoms with Gasteiger partial charge in [-0.15, -0.1) is 0 Å². The monoisotopic (exact) mass is 250 g/mol. The van der Waals surface area contributed by atoms with Crippen LogP contribution >= 0.6 is 11.6 Å². The Hall–Kier alpha value is -1.78. The van der Waals surface area contributed by atoms with Crippen molar-refractivity contribution in [2.45, 2.75) is 6.10 Å².